The van der Waals surface area contributed by atoms with Crippen LogP contribution in [0.1, 0.15) is 21.6 Å². The first-order valence-electron chi connectivity index (χ1n) is 8.37. The topological polar surface area (TPSA) is 59.4 Å². The third kappa shape index (κ3) is 4.43. The number of hydrogen-bond donors (Lipinski definition) is 1. The Labute approximate surface area is 142 Å². The van der Waals surface area contributed by atoms with Crippen molar-refractivity contribution in [1.82, 2.24) is 20.0 Å². The summed E-state index contributed by atoms with van der Waals surface area (Å²) in [7, 11) is 1.85. The molecule has 128 valence electrons. The standard InChI is InChI=1S/C18H24N4O2/c1-21-13-16(14-22-9-11-24-12-10-22)17(20-21)18(23)19-8-7-15-5-3-2-4-6-15/h2-6,13H,7-12,14H2,1H3,(H,19,23). The molecular weight excluding hydrogens is 304 g/mol. The fourth-order valence-corrected chi connectivity index (χ4v) is 2.89. The molecular formula is C18H24N4O2. The van der Waals surface area contributed by atoms with Crippen molar-refractivity contribution in [3.8, 4) is 0 Å². The molecule has 0 bridgehead atoms. The molecule has 0 unspecified atom stereocenters. The van der Waals surface area contributed by atoms with Gasteiger partial charge in [-0.05, 0) is 12.0 Å². The van der Waals surface area contributed by atoms with E-state index in [9.17, 15) is 4.79 Å². The van der Waals surface area contributed by atoms with Crippen molar-refractivity contribution in [2.24, 2.45) is 7.05 Å². The van der Waals surface area contributed by atoms with Crippen LogP contribution >= 0.6 is 0 Å². The van der Waals surface area contributed by atoms with Gasteiger partial charge in [0.15, 0.2) is 5.69 Å². The summed E-state index contributed by atoms with van der Waals surface area (Å²) in [6, 6.07) is 10.1. The van der Waals surface area contributed by atoms with Crippen LogP contribution in [-0.4, -0.2) is 53.4 Å². The third-order valence-electron chi connectivity index (χ3n) is 4.16. The van der Waals surface area contributed by atoms with Gasteiger partial charge < -0.3 is 10.1 Å². The lowest BCUT2D eigenvalue weighted by molar-refractivity contribution is 0.0340. The number of nitrogens with zero attached hydrogens (tertiary/aromatic N) is 3. The quantitative estimate of drug-likeness (QED) is 0.866. The molecule has 1 N–H and O–H groups in total. The highest BCUT2D eigenvalue weighted by Crippen LogP contribution is 2.11. The Hall–Kier alpha value is -2.18. The summed E-state index contributed by atoms with van der Waals surface area (Å²) in [6.07, 6.45) is 2.75. The second-order valence-corrected chi connectivity index (χ2v) is 6.06. The maximum atomic E-state index is 12.5. The minimum Gasteiger partial charge on any atom is -0.379 e. The molecule has 6 heteroatoms. The summed E-state index contributed by atoms with van der Waals surface area (Å²) in [5.74, 6) is -0.102. The average molecular weight is 328 g/mol. The number of aryl methyl sites for hydroxylation is 1. The Kier molecular flexibility index (Phi) is 5.61. The van der Waals surface area contributed by atoms with Crippen LogP contribution in [0, 0.1) is 0 Å². The van der Waals surface area contributed by atoms with Crippen LogP contribution in [0.2, 0.25) is 0 Å². The van der Waals surface area contributed by atoms with E-state index < -0.39 is 0 Å². The first-order valence-corrected chi connectivity index (χ1v) is 8.37. The Morgan fingerprint density at radius 3 is 2.75 bits per heavy atom. The number of nitrogens with one attached hydrogen (secondary N) is 1. The predicted molar refractivity (Wildman–Crippen MR) is 91.8 cm³/mol. The Bertz CT molecular complexity index is 663. The van der Waals surface area contributed by atoms with Gasteiger partial charge in [-0.1, -0.05) is 30.3 Å². The van der Waals surface area contributed by atoms with Gasteiger partial charge in [0.05, 0.1) is 13.2 Å². The number of morpholine rings is 1. The molecule has 6 nitrogen and oxygen atoms in total. The molecule has 1 aliphatic heterocycles. The van der Waals surface area contributed by atoms with Gasteiger partial charge in [0.2, 0.25) is 0 Å². The van der Waals surface area contributed by atoms with Gasteiger partial charge in [-0.3, -0.25) is 14.4 Å². The smallest absolute Gasteiger partial charge is 0.272 e. The molecule has 0 atom stereocenters. The average Bonchev–Trinajstić information content (AvgIpc) is 2.97. The monoisotopic (exact) mass is 328 g/mol. The number of carbonyl (C=O) groups excluding carboxylic acids is 1. The van der Waals surface area contributed by atoms with Crippen molar-refractivity contribution in [1.29, 1.82) is 0 Å². The fraction of sp³-hybridized carbons (Fsp3) is 0.444. The Morgan fingerprint density at radius 2 is 2.00 bits per heavy atom. The molecule has 1 amide bonds. The maximum Gasteiger partial charge on any atom is 0.272 e. The van der Waals surface area contributed by atoms with E-state index in [-0.39, 0.29) is 5.91 Å². The van der Waals surface area contributed by atoms with Gasteiger partial charge in [-0.2, -0.15) is 5.10 Å². The number of amides is 1. The summed E-state index contributed by atoms with van der Waals surface area (Å²) in [5, 5.41) is 7.33. The van der Waals surface area contributed by atoms with Crippen LogP contribution in [0.3, 0.4) is 0 Å². The summed E-state index contributed by atoms with van der Waals surface area (Å²) < 4.78 is 7.08. The highest BCUT2D eigenvalue weighted by Gasteiger charge is 2.19. The summed E-state index contributed by atoms with van der Waals surface area (Å²) in [6.45, 7) is 4.63. The lowest BCUT2D eigenvalue weighted by Crippen LogP contribution is -2.36. The van der Waals surface area contributed by atoms with E-state index in [0.29, 0.717) is 12.2 Å². The largest absolute Gasteiger partial charge is 0.379 e. The molecule has 3 rings (SSSR count). The van der Waals surface area contributed by atoms with Crippen molar-refractivity contribution in [3.63, 3.8) is 0 Å². The van der Waals surface area contributed by atoms with Gasteiger partial charge in [0, 0.05) is 45.0 Å². The van der Waals surface area contributed by atoms with E-state index in [2.05, 4.69) is 27.4 Å². The molecule has 0 radical (unpaired) electrons. The number of aromatic nitrogens is 2. The molecule has 2 aromatic rings. The predicted octanol–water partition coefficient (Wildman–Crippen LogP) is 1.22. The normalized spacial score (nSPS) is 15.4. The van der Waals surface area contributed by atoms with E-state index in [1.165, 1.54) is 5.56 Å². The van der Waals surface area contributed by atoms with Gasteiger partial charge in [0.1, 0.15) is 0 Å². The Balaban J connectivity index is 1.57. The SMILES string of the molecule is Cn1cc(CN2CCOCC2)c(C(=O)NCCc2ccccc2)n1. The molecule has 1 fully saturated rings. The molecule has 1 aromatic heterocycles. The third-order valence-corrected chi connectivity index (χ3v) is 4.16. The van der Waals surface area contributed by atoms with Gasteiger partial charge in [-0.25, -0.2) is 0 Å². The van der Waals surface area contributed by atoms with Crippen LogP contribution in [0.25, 0.3) is 0 Å². The zero-order chi connectivity index (χ0) is 16.8. The molecule has 1 aromatic carbocycles. The zero-order valence-electron chi connectivity index (χ0n) is 14.1. The summed E-state index contributed by atoms with van der Waals surface area (Å²) >= 11 is 0. The molecule has 2 heterocycles. The van der Waals surface area contributed by atoms with Crippen LogP contribution < -0.4 is 5.32 Å². The molecule has 0 saturated carbocycles. The number of hydrogen-bond acceptors (Lipinski definition) is 4. The minimum atomic E-state index is -0.102. The van der Waals surface area contributed by atoms with Gasteiger partial charge in [-0.15, -0.1) is 0 Å². The minimum absolute atomic E-state index is 0.102. The van der Waals surface area contributed by atoms with Gasteiger partial charge >= 0.3 is 0 Å². The van der Waals surface area contributed by atoms with Crippen molar-refractivity contribution >= 4 is 5.91 Å². The second-order valence-electron chi connectivity index (χ2n) is 6.06. The maximum absolute atomic E-state index is 12.5. The summed E-state index contributed by atoms with van der Waals surface area (Å²) in [5.41, 5.74) is 2.71. The van der Waals surface area contributed by atoms with Crippen molar-refractivity contribution in [2.75, 3.05) is 32.8 Å². The highest BCUT2D eigenvalue weighted by atomic mass is 16.5. The van der Waals surface area contributed by atoms with Crippen LogP contribution in [0.15, 0.2) is 36.5 Å². The number of ether oxygens (including phenoxy) is 1. The van der Waals surface area contributed by atoms with Gasteiger partial charge in [0.25, 0.3) is 5.91 Å². The van der Waals surface area contributed by atoms with Crippen LogP contribution in [0.5, 0.6) is 0 Å². The van der Waals surface area contributed by atoms with Crippen molar-refractivity contribution in [2.45, 2.75) is 13.0 Å². The van der Waals surface area contributed by atoms with E-state index in [4.69, 9.17) is 4.74 Å². The van der Waals surface area contributed by atoms with E-state index in [1.807, 2.05) is 31.4 Å². The first kappa shape index (κ1) is 16.7. The first-order chi connectivity index (χ1) is 11.7. The van der Waals surface area contributed by atoms with Crippen molar-refractivity contribution in [3.05, 3.63) is 53.3 Å². The number of rotatable bonds is 6. The molecule has 1 aliphatic rings. The zero-order valence-corrected chi connectivity index (χ0v) is 14.1. The van der Waals surface area contributed by atoms with Crippen LogP contribution in [-0.2, 0) is 24.8 Å². The number of benzene rings is 1. The molecule has 0 aliphatic carbocycles. The molecule has 24 heavy (non-hydrogen) atoms. The lowest BCUT2D eigenvalue weighted by Gasteiger charge is -2.26. The highest BCUT2D eigenvalue weighted by molar-refractivity contribution is 5.93. The summed E-state index contributed by atoms with van der Waals surface area (Å²) in [4.78, 5) is 14.8. The van der Waals surface area contributed by atoms with E-state index in [0.717, 1.165) is 44.8 Å². The lowest BCUT2D eigenvalue weighted by atomic mass is 10.1. The fourth-order valence-electron chi connectivity index (χ4n) is 2.89. The number of carbonyl (C=O) groups is 1. The molecule has 0 spiro atoms. The Morgan fingerprint density at radius 1 is 1.25 bits per heavy atom. The second kappa shape index (κ2) is 8.08. The van der Waals surface area contributed by atoms with E-state index in [1.54, 1.807) is 4.68 Å². The van der Waals surface area contributed by atoms with Crippen molar-refractivity contribution < 1.29 is 9.53 Å². The van der Waals surface area contributed by atoms with E-state index >= 15 is 0 Å². The van der Waals surface area contributed by atoms with Crippen LogP contribution in [0.4, 0.5) is 0 Å². The molecule has 1 saturated heterocycles.